The summed E-state index contributed by atoms with van der Waals surface area (Å²) in [5.41, 5.74) is 0.739. The maximum atomic E-state index is 11.7. The molecular formula is C14H13NO4. The summed E-state index contributed by atoms with van der Waals surface area (Å²) in [6.45, 7) is 1.65. The molecule has 1 aromatic carbocycles. The molecule has 2 rings (SSSR count). The van der Waals surface area contributed by atoms with E-state index >= 15 is 0 Å². The lowest BCUT2D eigenvalue weighted by atomic mass is 10.2. The van der Waals surface area contributed by atoms with E-state index in [0.29, 0.717) is 5.76 Å². The number of carbonyl (C=O) groups is 2. The number of aromatic carboxylic acids is 1. The van der Waals surface area contributed by atoms with Crippen LogP contribution in [0.3, 0.4) is 0 Å². The van der Waals surface area contributed by atoms with Gasteiger partial charge in [0.25, 0.3) is 0 Å². The zero-order valence-corrected chi connectivity index (χ0v) is 10.4. The van der Waals surface area contributed by atoms with Crippen LogP contribution in [0.2, 0.25) is 0 Å². The first-order valence-electron chi connectivity index (χ1n) is 5.73. The number of anilines is 1. The highest BCUT2D eigenvalue weighted by atomic mass is 16.4. The summed E-state index contributed by atoms with van der Waals surface area (Å²) in [5, 5.41) is 8.78. The first-order chi connectivity index (χ1) is 9.08. The van der Waals surface area contributed by atoms with Crippen LogP contribution in [0.25, 0.3) is 0 Å². The number of furan rings is 1. The Kier molecular flexibility index (Phi) is 3.66. The van der Waals surface area contributed by atoms with Gasteiger partial charge in [-0.1, -0.05) is 18.2 Å². The lowest BCUT2D eigenvalue weighted by Crippen LogP contribution is -2.27. The Morgan fingerprint density at radius 3 is 2.37 bits per heavy atom. The molecule has 0 aliphatic carbocycles. The molecule has 98 valence electrons. The summed E-state index contributed by atoms with van der Waals surface area (Å²) in [5.74, 6) is -0.970. The Morgan fingerprint density at radius 2 is 1.84 bits per heavy atom. The Hall–Kier alpha value is -2.56. The van der Waals surface area contributed by atoms with E-state index in [1.165, 1.54) is 17.9 Å². The van der Waals surface area contributed by atoms with Crippen LogP contribution in [-0.2, 0) is 11.3 Å². The lowest BCUT2D eigenvalue weighted by molar-refractivity contribution is -0.116. The van der Waals surface area contributed by atoms with Crippen LogP contribution in [0.4, 0.5) is 5.69 Å². The number of benzene rings is 1. The van der Waals surface area contributed by atoms with Crippen molar-refractivity contribution < 1.29 is 19.1 Å². The van der Waals surface area contributed by atoms with E-state index in [1.54, 1.807) is 6.07 Å². The van der Waals surface area contributed by atoms with Gasteiger partial charge < -0.3 is 14.4 Å². The number of carboxylic acid groups (broad SMARTS) is 1. The standard InChI is InChI=1S/C14H13NO4/c1-10(16)15(11-5-3-2-4-6-11)9-12-7-8-13(19-12)14(17)18/h2-8H,9H2,1H3,(H,17,18). The Morgan fingerprint density at radius 1 is 1.16 bits per heavy atom. The molecule has 5 nitrogen and oxygen atoms in total. The molecular weight excluding hydrogens is 246 g/mol. The second-order valence-electron chi connectivity index (χ2n) is 4.01. The molecule has 0 atom stereocenters. The van der Waals surface area contributed by atoms with E-state index in [-0.39, 0.29) is 18.2 Å². The Labute approximate surface area is 110 Å². The average molecular weight is 259 g/mol. The van der Waals surface area contributed by atoms with Gasteiger partial charge in [0.2, 0.25) is 11.7 Å². The quantitative estimate of drug-likeness (QED) is 0.915. The molecule has 0 aliphatic heterocycles. The monoisotopic (exact) mass is 259 g/mol. The minimum absolute atomic E-state index is 0.133. The van der Waals surface area contributed by atoms with Crippen molar-refractivity contribution in [1.82, 2.24) is 0 Å². The number of hydrogen-bond donors (Lipinski definition) is 1. The first kappa shape index (κ1) is 12.9. The fourth-order valence-electron chi connectivity index (χ4n) is 1.73. The maximum Gasteiger partial charge on any atom is 0.371 e. The third-order valence-corrected chi connectivity index (χ3v) is 2.63. The number of carbonyl (C=O) groups excluding carboxylic acids is 1. The molecule has 2 aromatic rings. The van der Waals surface area contributed by atoms with Gasteiger partial charge in [-0.05, 0) is 24.3 Å². The van der Waals surface area contributed by atoms with Crippen LogP contribution < -0.4 is 4.90 Å². The lowest BCUT2D eigenvalue weighted by Gasteiger charge is -2.19. The van der Waals surface area contributed by atoms with Crippen LogP contribution in [0.15, 0.2) is 46.9 Å². The van der Waals surface area contributed by atoms with Gasteiger partial charge in [-0.2, -0.15) is 0 Å². The molecule has 0 bridgehead atoms. The number of para-hydroxylation sites is 1. The van der Waals surface area contributed by atoms with Gasteiger partial charge in [-0.25, -0.2) is 4.79 Å². The Balaban J connectivity index is 2.22. The van der Waals surface area contributed by atoms with Crippen molar-refractivity contribution in [3.05, 3.63) is 54.0 Å². The topological polar surface area (TPSA) is 70.8 Å². The summed E-state index contributed by atoms with van der Waals surface area (Å²) < 4.78 is 5.15. The highest BCUT2D eigenvalue weighted by Gasteiger charge is 2.15. The van der Waals surface area contributed by atoms with Crippen LogP contribution in [0, 0.1) is 0 Å². The number of amides is 1. The van der Waals surface area contributed by atoms with E-state index in [4.69, 9.17) is 9.52 Å². The maximum absolute atomic E-state index is 11.7. The molecule has 5 heteroatoms. The van der Waals surface area contributed by atoms with Gasteiger partial charge >= 0.3 is 5.97 Å². The fourth-order valence-corrected chi connectivity index (χ4v) is 1.73. The molecule has 0 aliphatic rings. The molecule has 19 heavy (non-hydrogen) atoms. The number of hydrogen-bond acceptors (Lipinski definition) is 3. The number of nitrogens with zero attached hydrogens (tertiary/aromatic N) is 1. The Bertz CT molecular complexity index is 589. The van der Waals surface area contributed by atoms with Crippen molar-refractivity contribution in [3.63, 3.8) is 0 Å². The molecule has 1 aromatic heterocycles. The van der Waals surface area contributed by atoms with Crippen LogP contribution in [-0.4, -0.2) is 17.0 Å². The first-order valence-corrected chi connectivity index (χ1v) is 5.73. The normalized spacial score (nSPS) is 10.2. The van der Waals surface area contributed by atoms with Crippen molar-refractivity contribution in [2.75, 3.05) is 4.90 Å². The predicted molar refractivity (Wildman–Crippen MR) is 69.0 cm³/mol. The summed E-state index contributed by atoms with van der Waals surface area (Å²) in [4.78, 5) is 23.9. The molecule has 0 spiro atoms. The van der Waals surface area contributed by atoms with E-state index in [0.717, 1.165) is 5.69 Å². The second-order valence-corrected chi connectivity index (χ2v) is 4.01. The smallest absolute Gasteiger partial charge is 0.371 e. The van der Waals surface area contributed by atoms with Crippen LogP contribution in [0.1, 0.15) is 23.2 Å². The van der Waals surface area contributed by atoms with Crippen LogP contribution >= 0.6 is 0 Å². The highest BCUT2D eigenvalue weighted by Crippen LogP contribution is 2.18. The van der Waals surface area contributed by atoms with E-state index in [9.17, 15) is 9.59 Å². The van der Waals surface area contributed by atoms with E-state index in [1.807, 2.05) is 30.3 Å². The minimum Gasteiger partial charge on any atom is -0.475 e. The fraction of sp³-hybridized carbons (Fsp3) is 0.143. The minimum atomic E-state index is -1.12. The SMILES string of the molecule is CC(=O)N(Cc1ccc(C(=O)O)o1)c1ccccc1. The molecule has 1 N–H and O–H groups in total. The molecule has 1 heterocycles. The largest absolute Gasteiger partial charge is 0.475 e. The van der Waals surface area contributed by atoms with Crippen molar-refractivity contribution in [2.45, 2.75) is 13.5 Å². The van der Waals surface area contributed by atoms with E-state index in [2.05, 4.69) is 0 Å². The summed E-state index contributed by atoms with van der Waals surface area (Å²) in [6, 6.07) is 12.1. The van der Waals surface area contributed by atoms with Gasteiger partial charge in [0, 0.05) is 12.6 Å². The molecule has 1 amide bonds. The zero-order chi connectivity index (χ0) is 13.8. The average Bonchev–Trinajstić information content (AvgIpc) is 2.85. The molecule has 0 fully saturated rings. The van der Waals surface area contributed by atoms with Gasteiger partial charge in [-0.3, -0.25) is 4.79 Å². The van der Waals surface area contributed by atoms with Crippen molar-refractivity contribution in [3.8, 4) is 0 Å². The van der Waals surface area contributed by atoms with Gasteiger partial charge in [0.15, 0.2) is 0 Å². The predicted octanol–water partition coefficient (Wildman–Crippen LogP) is 2.53. The molecule has 0 radical (unpaired) electrons. The summed E-state index contributed by atoms with van der Waals surface area (Å²) in [6.07, 6.45) is 0. The van der Waals surface area contributed by atoms with E-state index < -0.39 is 5.97 Å². The molecule has 0 saturated carbocycles. The number of rotatable bonds is 4. The zero-order valence-electron chi connectivity index (χ0n) is 10.4. The summed E-state index contributed by atoms with van der Waals surface area (Å²) >= 11 is 0. The van der Waals surface area contributed by atoms with Gasteiger partial charge in [0.1, 0.15) is 5.76 Å². The van der Waals surface area contributed by atoms with Crippen molar-refractivity contribution in [1.29, 1.82) is 0 Å². The van der Waals surface area contributed by atoms with Crippen molar-refractivity contribution in [2.24, 2.45) is 0 Å². The van der Waals surface area contributed by atoms with Gasteiger partial charge in [0.05, 0.1) is 6.54 Å². The highest BCUT2D eigenvalue weighted by molar-refractivity contribution is 5.91. The number of carboxylic acids is 1. The third-order valence-electron chi connectivity index (χ3n) is 2.63. The third kappa shape index (κ3) is 3.01. The van der Waals surface area contributed by atoms with Crippen LogP contribution in [0.5, 0.6) is 0 Å². The van der Waals surface area contributed by atoms with Crippen molar-refractivity contribution >= 4 is 17.6 Å². The molecule has 0 saturated heterocycles. The second kappa shape index (κ2) is 5.39. The molecule has 0 unspecified atom stereocenters. The van der Waals surface area contributed by atoms with Gasteiger partial charge in [-0.15, -0.1) is 0 Å². The summed E-state index contributed by atoms with van der Waals surface area (Å²) in [7, 11) is 0.